The summed E-state index contributed by atoms with van der Waals surface area (Å²) in [6.07, 6.45) is 3.37. The molecule has 1 heterocycles. The maximum atomic E-state index is 11.0. The van der Waals surface area contributed by atoms with E-state index < -0.39 is 11.9 Å². The SMILES string of the molecule is NC(=O)c1cc(OC2CC2)cnc1C(=O)O. The van der Waals surface area contributed by atoms with E-state index in [1.807, 2.05) is 0 Å². The van der Waals surface area contributed by atoms with Crippen molar-refractivity contribution >= 4 is 11.9 Å². The smallest absolute Gasteiger partial charge is 0.355 e. The van der Waals surface area contributed by atoms with Crippen molar-refractivity contribution in [2.24, 2.45) is 5.73 Å². The molecular formula is C10H10N2O4. The molecule has 1 aromatic rings. The summed E-state index contributed by atoms with van der Waals surface area (Å²) in [5, 5.41) is 8.79. The zero-order chi connectivity index (χ0) is 11.7. The summed E-state index contributed by atoms with van der Waals surface area (Å²) in [7, 11) is 0. The van der Waals surface area contributed by atoms with E-state index in [0.717, 1.165) is 12.8 Å². The number of primary amides is 1. The number of hydrogen-bond donors (Lipinski definition) is 2. The highest BCUT2D eigenvalue weighted by Crippen LogP contribution is 2.27. The third-order valence-electron chi connectivity index (χ3n) is 2.16. The van der Waals surface area contributed by atoms with Crippen LogP contribution in [0.5, 0.6) is 5.75 Å². The molecule has 0 aliphatic heterocycles. The van der Waals surface area contributed by atoms with Crippen LogP contribution >= 0.6 is 0 Å². The van der Waals surface area contributed by atoms with Crippen LogP contribution in [0.25, 0.3) is 0 Å². The minimum Gasteiger partial charge on any atom is -0.489 e. The van der Waals surface area contributed by atoms with Crippen molar-refractivity contribution in [2.75, 3.05) is 0 Å². The third kappa shape index (κ3) is 2.10. The summed E-state index contributed by atoms with van der Waals surface area (Å²) in [5.41, 5.74) is 4.58. The lowest BCUT2D eigenvalue weighted by atomic mass is 10.2. The van der Waals surface area contributed by atoms with Gasteiger partial charge in [-0.05, 0) is 18.9 Å². The van der Waals surface area contributed by atoms with Crippen molar-refractivity contribution in [3.63, 3.8) is 0 Å². The number of pyridine rings is 1. The van der Waals surface area contributed by atoms with Crippen LogP contribution in [0.3, 0.4) is 0 Å². The molecule has 1 aromatic heterocycles. The summed E-state index contributed by atoms with van der Waals surface area (Å²) in [6.45, 7) is 0. The molecule has 0 saturated heterocycles. The molecule has 0 bridgehead atoms. The molecule has 1 fully saturated rings. The molecule has 1 aliphatic carbocycles. The highest BCUT2D eigenvalue weighted by molar-refractivity contribution is 6.03. The molecule has 0 radical (unpaired) electrons. The molecule has 1 amide bonds. The molecule has 2 rings (SSSR count). The first kappa shape index (κ1) is 10.4. The predicted octanol–water partition coefficient (Wildman–Crippen LogP) is 0.420. The Bertz CT molecular complexity index is 454. The number of carboxylic acids is 1. The van der Waals surface area contributed by atoms with Crippen molar-refractivity contribution in [1.82, 2.24) is 4.98 Å². The lowest BCUT2D eigenvalue weighted by Gasteiger charge is -2.06. The van der Waals surface area contributed by atoms with Crippen molar-refractivity contribution in [3.8, 4) is 5.75 Å². The van der Waals surface area contributed by atoms with Crippen LogP contribution in [0.2, 0.25) is 0 Å². The summed E-state index contributed by atoms with van der Waals surface area (Å²) < 4.78 is 5.39. The van der Waals surface area contributed by atoms with E-state index in [2.05, 4.69) is 4.98 Å². The van der Waals surface area contributed by atoms with E-state index in [-0.39, 0.29) is 17.4 Å². The first-order valence-electron chi connectivity index (χ1n) is 4.77. The van der Waals surface area contributed by atoms with Crippen molar-refractivity contribution in [1.29, 1.82) is 0 Å². The van der Waals surface area contributed by atoms with Gasteiger partial charge in [0.15, 0.2) is 5.69 Å². The fourth-order valence-corrected chi connectivity index (χ4v) is 1.25. The van der Waals surface area contributed by atoms with E-state index in [1.54, 1.807) is 0 Å². The van der Waals surface area contributed by atoms with Gasteiger partial charge in [-0.3, -0.25) is 4.79 Å². The lowest BCUT2D eigenvalue weighted by molar-refractivity contribution is 0.0685. The molecule has 84 valence electrons. The summed E-state index contributed by atoms with van der Waals surface area (Å²) in [5.74, 6) is -1.74. The van der Waals surface area contributed by atoms with Crippen LogP contribution in [0.4, 0.5) is 0 Å². The number of ether oxygens (including phenoxy) is 1. The van der Waals surface area contributed by atoms with Gasteiger partial charge in [0, 0.05) is 0 Å². The van der Waals surface area contributed by atoms with Gasteiger partial charge in [0.25, 0.3) is 5.91 Å². The molecule has 6 heteroatoms. The number of carboxylic acid groups (broad SMARTS) is 1. The predicted molar refractivity (Wildman–Crippen MR) is 53.4 cm³/mol. The van der Waals surface area contributed by atoms with Crippen molar-refractivity contribution in [2.45, 2.75) is 18.9 Å². The highest BCUT2D eigenvalue weighted by Gasteiger charge is 2.25. The second kappa shape index (κ2) is 3.80. The fraction of sp³-hybridized carbons (Fsp3) is 0.300. The maximum Gasteiger partial charge on any atom is 0.355 e. The quantitative estimate of drug-likeness (QED) is 0.768. The Hall–Kier alpha value is -2.11. The number of nitrogens with two attached hydrogens (primary N) is 1. The first-order valence-corrected chi connectivity index (χ1v) is 4.77. The van der Waals surface area contributed by atoms with Crippen LogP contribution in [0.1, 0.15) is 33.7 Å². The van der Waals surface area contributed by atoms with Gasteiger partial charge in [-0.1, -0.05) is 0 Å². The second-order valence-corrected chi connectivity index (χ2v) is 3.55. The summed E-state index contributed by atoms with van der Waals surface area (Å²) in [6, 6.07) is 1.32. The second-order valence-electron chi connectivity index (χ2n) is 3.55. The Kier molecular flexibility index (Phi) is 2.47. The van der Waals surface area contributed by atoms with Crippen LogP contribution in [0.15, 0.2) is 12.3 Å². The Morgan fingerprint density at radius 3 is 2.69 bits per heavy atom. The lowest BCUT2D eigenvalue weighted by Crippen LogP contribution is -2.18. The van der Waals surface area contributed by atoms with Crippen LogP contribution < -0.4 is 10.5 Å². The normalized spacial score (nSPS) is 14.5. The molecule has 0 unspecified atom stereocenters. The number of hydrogen-bond acceptors (Lipinski definition) is 4. The Balaban J connectivity index is 2.34. The van der Waals surface area contributed by atoms with E-state index in [0.29, 0.717) is 5.75 Å². The molecule has 1 aliphatic rings. The average Bonchev–Trinajstić information content (AvgIpc) is 3.01. The van der Waals surface area contributed by atoms with Crippen LogP contribution in [-0.4, -0.2) is 28.1 Å². The number of amides is 1. The van der Waals surface area contributed by atoms with Crippen molar-refractivity contribution in [3.05, 3.63) is 23.5 Å². The Labute approximate surface area is 91.0 Å². The van der Waals surface area contributed by atoms with Gasteiger partial charge < -0.3 is 15.6 Å². The number of aromatic nitrogens is 1. The van der Waals surface area contributed by atoms with Gasteiger partial charge in [0.05, 0.1) is 17.9 Å². The molecular weight excluding hydrogens is 212 g/mol. The third-order valence-corrected chi connectivity index (χ3v) is 2.16. The van der Waals surface area contributed by atoms with Gasteiger partial charge in [-0.15, -0.1) is 0 Å². The number of carbonyl (C=O) groups excluding carboxylic acids is 1. The molecule has 0 atom stereocenters. The monoisotopic (exact) mass is 222 g/mol. The highest BCUT2D eigenvalue weighted by atomic mass is 16.5. The Morgan fingerprint density at radius 1 is 1.50 bits per heavy atom. The maximum absolute atomic E-state index is 11.0. The zero-order valence-electron chi connectivity index (χ0n) is 8.34. The summed E-state index contributed by atoms with van der Waals surface area (Å²) >= 11 is 0. The Morgan fingerprint density at radius 2 is 2.19 bits per heavy atom. The topological polar surface area (TPSA) is 103 Å². The van der Waals surface area contributed by atoms with E-state index in [4.69, 9.17) is 15.6 Å². The van der Waals surface area contributed by atoms with Gasteiger partial charge in [-0.25, -0.2) is 9.78 Å². The number of nitrogens with zero attached hydrogens (tertiary/aromatic N) is 1. The minimum atomic E-state index is -1.29. The summed E-state index contributed by atoms with van der Waals surface area (Å²) in [4.78, 5) is 25.5. The number of carbonyl (C=O) groups is 2. The largest absolute Gasteiger partial charge is 0.489 e. The minimum absolute atomic E-state index is 0.134. The number of rotatable bonds is 4. The fourth-order valence-electron chi connectivity index (χ4n) is 1.25. The van der Waals surface area contributed by atoms with Gasteiger partial charge in [-0.2, -0.15) is 0 Å². The molecule has 0 aromatic carbocycles. The first-order chi connectivity index (χ1) is 7.58. The van der Waals surface area contributed by atoms with Crippen LogP contribution in [-0.2, 0) is 0 Å². The van der Waals surface area contributed by atoms with E-state index in [1.165, 1.54) is 12.3 Å². The molecule has 3 N–H and O–H groups in total. The van der Waals surface area contributed by atoms with Gasteiger partial charge in [0.1, 0.15) is 5.75 Å². The zero-order valence-corrected chi connectivity index (χ0v) is 8.34. The van der Waals surface area contributed by atoms with Gasteiger partial charge in [0.2, 0.25) is 0 Å². The molecule has 6 nitrogen and oxygen atoms in total. The van der Waals surface area contributed by atoms with E-state index >= 15 is 0 Å². The van der Waals surface area contributed by atoms with Crippen LogP contribution in [0, 0.1) is 0 Å². The average molecular weight is 222 g/mol. The van der Waals surface area contributed by atoms with E-state index in [9.17, 15) is 9.59 Å². The number of aromatic carboxylic acids is 1. The van der Waals surface area contributed by atoms with Crippen molar-refractivity contribution < 1.29 is 19.4 Å². The molecule has 0 spiro atoms. The standard InChI is InChI=1S/C10H10N2O4/c11-9(13)7-3-6(16-5-1-2-5)4-12-8(7)10(14)15/h3-5H,1-2H2,(H2,11,13)(H,14,15). The molecule has 16 heavy (non-hydrogen) atoms. The molecule has 1 saturated carbocycles. The van der Waals surface area contributed by atoms with Gasteiger partial charge >= 0.3 is 5.97 Å².